The van der Waals surface area contributed by atoms with Crippen LogP contribution in [0, 0.1) is 0 Å². The first-order chi connectivity index (χ1) is 13.1. The molecule has 27 heavy (non-hydrogen) atoms. The molecule has 144 valence electrons. The van der Waals surface area contributed by atoms with Gasteiger partial charge in [0.05, 0.1) is 28.4 Å². The molecule has 0 aromatic heterocycles. The summed E-state index contributed by atoms with van der Waals surface area (Å²) in [6, 6.07) is 7.29. The quantitative estimate of drug-likeness (QED) is 0.869. The van der Waals surface area contributed by atoms with Crippen LogP contribution >= 0.6 is 0 Å². The number of methoxy groups -OCH3 is 4. The molecular formula is C21H25NO5. The van der Waals surface area contributed by atoms with Gasteiger partial charge in [-0.3, -0.25) is 4.79 Å². The molecule has 0 fully saturated rings. The maximum absolute atomic E-state index is 12.6. The Morgan fingerprint density at radius 2 is 1.67 bits per heavy atom. The number of aryl methyl sites for hydroxylation is 1. The molecule has 0 bridgehead atoms. The molecule has 3 rings (SSSR count). The molecule has 1 aliphatic carbocycles. The number of nitrogens with one attached hydrogen (secondary N) is 1. The smallest absolute Gasteiger partial charge is 0.220 e. The van der Waals surface area contributed by atoms with Gasteiger partial charge in [-0.15, -0.1) is 0 Å². The van der Waals surface area contributed by atoms with Crippen molar-refractivity contribution in [3.8, 4) is 34.1 Å². The monoisotopic (exact) mass is 373 g/mol. The number of ether oxygens (including phenoxy) is 4. The Labute approximate surface area is 159 Å². The normalized spacial score (nSPS) is 15.2. The van der Waals surface area contributed by atoms with Crippen LogP contribution in [0.5, 0.6) is 23.0 Å². The molecule has 0 radical (unpaired) electrons. The SMILES string of the molecule is CNC1[14CH2]Cc2cc(OC)c(OC)c(OC)c2-c2ccc(OC)c(=O)cc21. The van der Waals surface area contributed by atoms with Crippen molar-refractivity contribution in [3.63, 3.8) is 0 Å². The third kappa shape index (κ3) is 3.21. The number of benzene rings is 1. The minimum absolute atomic E-state index is 0.0268. The summed E-state index contributed by atoms with van der Waals surface area (Å²) in [4.78, 5) is 12.6. The zero-order valence-corrected chi connectivity index (χ0v) is 16.3. The molecule has 2 aromatic carbocycles. The first kappa shape index (κ1) is 19.0. The molecule has 1 atom stereocenters. The van der Waals surface area contributed by atoms with Gasteiger partial charge in [0.25, 0.3) is 0 Å². The summed E-state index contributed by atoms with van der Waals surface area (Å²) in [7, 11) is 8.21. The van der Waals surface area contributed by atoms with Gasteiger partial charge in [0.1, 0.15) is 0 Å². The Kier molecular flexibility index (Phi) is 5.56. The fourth-order valence-electron chi connectivity index (χ4n) is 3.77. The highest BCUT2D eigenvalue weighted by Gasteiger charge is 2.28. The summed E-state index contributed by atoms with van der Waals surface area (Å²) in [5, 5.41) is 3.33. The Morgan fingerprint density at radius 3 is 2.26 bits per heavy atom. The number of fused-ring (bicyclic) bond motifs is 3. The van der Waals surface area contributed by atoms with Crippen LogP contribution in [0.4, 0.5) is 0 Å². The van der Waals surface area contributed by atoms with E-state index in [1.165, 1.54) is 7.11 Å². The number of hydrogen-bond acceptors (Lipinski definition) is 6. The van der Waals surface area contributed by atoms with Crippen LogP contribution in [0.15, 0.2) is 29.1 Å². The van der Waals surface area contributed by atoms with E-state index in [0.717, 1.165) is 35.1 Å². The fourth-order valence-corrected chi connectivity index (χ4v) is 3.77. The van der Waals surface area contributed by atoms with Crippen molar-refractivity contribution in [1.29, 1.82) is 0 Å². The van der Waals surface area contributed by atoms with Gasteiger partial charge in [-0.2, -0.15) is 0 Å². The molecule has 1 unspecified atom stereocenters. The van der Waals surface area contributed by atoms with Crippen LogP contribution < -0.4 is 29.7 Å². The van der Waals surface area contributed by atoms with Crippen molar-refractivity contribution in [2.75, 3.05) is 35.5 Å². The van der Waals surface area contributed by atoms with Crippen molar-refractivity contribution in [1.82, 2.24) is 5.32 Å². The van der Waals surface area contributed by atoms with Crippen molar-refractivity contribution >= 4 is 0 Å². The fraction of sp³-hybridized carbons (Fsp3) is 0.381. The Morgan fingerprint density at radius 1 is 0.963 bits per heavy atom. The lowest BCUT2D eigenvalue weighted by Crippen LogP contribution is -2.17. The lowest BCUT2D eigenvalue weighted by Gasteiger charge is -2.19. The largest absolute Gasteiger partial charge is 0.493 e. The van der Waals surface area contributed by atoms with Crippen molar-refractivity contribution in [3.05, 3.63) is 45.6 Å². The summed E-state index contributed by atoms with van der Waals surface area (Å²) >= 11 is 0. The molecule has 0 amide bonds. The van der Waals surface area contributed by atoms with E-state index in [-0.39, 0.29) is 11.5 Å². The summed E-state index contributed by atoms with van der Waals surface area (Å²) in [6.45, 7) is 0. The lowest BCUT2D eigenvalue weighted by atomic mass is 9.95. The van der Waals surface area contributed by atoms with Gasteiger partial charge < -0.3 is 24.3 Å². The molecule has 0 saturated heterocycles. The minimum Gasteiger partial charge on any atom is -0.493 e. The summed E-state index contributed by atoms with van der Waals surface area (Å²) in [5.41, 5.74) is 3.68. The van der Waals surface area contributed by atoms with Crippen molar-refractivity contribution in [2.45, 2.75) is 18.9 Å². The second-order valence-corrected chi connectivity index (χ2v) is 6.34. The molecule has 2 aromatic rings. The summed E-state index contributed by atoms with van der Waals surface area (Å²) < 4.78 is 22.1. The van der Waals surface area contributed by atoms with Gasteiger partial charge in [0, 0.05) is 11.6 Å². The van der Waals surface area contributed by atoms with E-state index >= 15 is 0 Å². The highest BCUT2D eigenvalue weighted by atomic mass is 16.5. The second kappa shape index (κ2) is 7.88. The standard InChI is InChI=1S/C21H25NO5/c1-22-15-8-6-12-10-18(25-3)20(26-4)21(27-5)19(12)13-7-9-17(24-2)16(23)11-14(13)15/h7,9-11,15,22H,6,8H2,1-5H3/i8+2. The van der Waals surface area contributed by atoms with Crippen LogP contribution in [0.1, 0.15) is 23.6 Å². The molecule has 6 heteroatoms. The highest BCUT2D eigenvalue weighted by molar-refractivity contribution is 5.82. The van der Waals surface area contributed by atoms with Crippen LogP contribution in [0.25, 0.3) is 11.1 Å². The number of hydrogen-bond donors (Lipinski definition) is 1. The van der Waals surface area contributed by atoms with E-state index in [9.17, 15) is 4.79 Å². The van der Waals surface area contributed by atoms with Gasteiger partial charge in [-0.1, -0.05) is 6.07 Å². The van der Waals surface area contributed by atoms with Crippen LogP contribution in [0.2, 0.25) is 0 Å². The first-order valence-electron chi connectivity index (χ1n) is 8.81. The lowest BCUT2D eigenvalue weighted by molar-refractivity contribution is 0.324. The highest BCUT2D eigenvalue weighted by Crippen LogP contribution is 2.50. The zero-order chi connectivity index (χ0) is 19.6. The molecule has 1 aliphatic rings. The average molecular weight is 373 g/mol. The van der Waals surface area contributed by atoms with Gasteiger partial charge in [0.2, 0.25) is 11.2 Å². The molecular weight excluding hydrogens is 348 g/mol. The predicted octanol–water partition coefficient (Wildman–Crippen LogP) is 2.95. The Hall–Kier alpha value is -2.73. The number of rotatable bonds is 5. The Balaban J connectivity index is 2.43. The maximum Gasteiger partial charge on any atom is 0.220 e. The van der Waals surface area contributed by atoms with Gasteiger partial charge in [0.15, 0.2) is 17.2 Å². The van der Waals surface area contributed by atoms with E-state index < -0.39 is 0 Å². The topological polar surface area (TPSA) is 66.0 Å². The van der Waals surface area contributed by atoms with Gasteiger partial charge in [-0.05, 0) is 54.8 Å². The second-order valence-electron chi connectivity index (χ2n) is 6.34. The molecule has 1 N–H and O–H groups in total. The van der Waals surface area contributed by atoms with E-state index in [2.05, 4.69) is 5.32 Å². The predicted molar refractivity (Wildman–Crippen MR) is 104 cm³/mol. The average Bonchev–Trinajstić information content (AvgIpc) is 2.94. The molecule has 6 nitrogen and oxygen atoms in total. The minimum atomic E-state index is -0.151. The van der Waals surface area contributed by atoms with Crippen LogP contribution in [-0.4, -0.2) is 35.5 Å². The van der Waals surface area contributed by atoms with E-state index in [1.54, 1.807) is 33.5 Å². The van der Waals surface area contributed by atoms with E-state index in [0.29, 0.717) is 23.0 Å². The van der Waals surface area contributed by atoms with E-state index in [4.69, 9.17) is 18.9 Å². The molecule has 0 aliphatic heterocycles. The van der Waals surface area contributed by atoms with Crippen LogP contribution in [-0.2, 0) is 6.42 Å². The third-order valence-electron chi connectivity index (χ3n) is 5.07. The zero-order valence-electron chi connectivity index (χ0n) is 16.3. The van der Waals surface area contributed by atoms with Gasteiger partial charge >= 0.3 is 0 Å². The van der Waals surface area contributed by atoms with Crippen molar-refractivity contribution < 1.29 is 18.9 Å². The summed E-state index contributed by atoms with van der Waals surface area (Å²) in [6.07, 6.45) is 1.64. The first-order valence-corrected chi connectivity index (χ1v) is 8.81. The van der Waals surface area contributed by atoms with Gasteiger partial charge in [-0.25, -0.2) is 0 Å². The van der Waals surface area contributed by atoms with Crippen molar-refractivity contribution in [2.24, 2.45) is 0 Å². The van der Waals surface area contributed by atoms with Crippen LogP contribution in [0.3, 0.4) is 0 Å². The third-order valence-corrected chi connectivity index (χ3v) is 5.07. The molecule has 0 spiro atoms. The maximum atomic E-state index is 12.6. The Bertz CT molecular complexity index is 910. The van der Waals surface area contributed by atoms with E-state index in [1.807, 2.05) is 19.2 Å². The summed E-state index contributed by atoms with van der Waals surface area (Å²) in [5.74, 6) is 2.06. The molecule has 0 heterocycles. The molecule has 0 saturated carbocycles.